The Balaban J connectivity index is 0.770. The van der Waals surface area contributed by atoms with Crippen molar-refractivity contribution in [1.29, 1.82) is 0 Å². The number of fused-ring (bicyclic) bond motifs is 4. The molecule has 588 valence electrons. The second-order valence-electron chi connectivity index (χ2n) is 22.5. The lowest BCUT2D eigenvalue weighted by Crippen LogP contribution is -2.41. The molecular weight excluding hydrogens is 1670 g/mol. The Hall–Kier alpha value is -7.62. The lowest BCUT2D eigenvalue weighted by atomic mass is 9.92. The van der Waals surface area contributed by atoms with E-state index in [2.05, 4.69) is 65.1 Å². The van der Waals surface area contributed by atoms with Gasteiger partial charge in [-0.2, -0.15) is 30.2 Å². The van der Waals surface area contributed by atoms with Crippen LogP contribution in [0, 0.1) is 10.1 Å². The molecular formula is C51H51N12O38P9. The van der Waals surface area contributed by atoms with Crippen LogP contribution in [0.25, 0.3) is 55.1 Å². The zero-order valence-corrected chi connectivity index (χ0v) is 61.9. The fourth-order valence-corrected chi connectivity index (χ4v) is 22.8. The van der Waals surface area contributed by atoms with Crippen LogP contribution >= 0.6 is 70.4 Å². The van der Waals surface area contributed by atoms with Gasteiger partial charge in [0.2, 0.25) is 6.29 Å². The van der Waals surface area contributed by atoms with E-state index in [1.54, 1.807) is 0 Å². The van der Waals surface area contributed by atoms with Gasteiger partial charge in [0, 0.05) is 29.1 Å². The average molecular weight is 1720 g/mol. The maximum Gasteiger partial charge on any atom is 0.541 e. The number of nitro benzene ring substituents is 1. The summed E-state index contributed by atoms with van der Waals surface area (Å²) in [5, 5.41) is 68.2. The van der Waals surface area contributed by atoms with Gasteiger partial charge in [-0.3, -0.25) is 38.5 Å². The highest BCUT2D eigenvalue weighted by molar-refractivity contribution is 7.72. The Morgan fingerprint density at radius 1 is 0.473 bits per heavy atom. The summed E-state index contributed by atoms with van der Waals surface area (Å²) in [6, 6.07) is 22.0. The Morgan fingerprint density at radius 2 is 0.964 bits per heavy atom. The molecule has 2 fully saturated rings. The van der Waals surface area contributed by atoms with Gasteiger partial charge in [0.05, 0.1) is 17.6 Å². The number of hydrogen-bond acceptors (Lipinski definition) is 39. The monoisotopic (exact) mass is 1720 g/mol. The number of anilines is 2. The molecule has 11 unspecified atom stereocenters. The number of para-hydroxylation sites is 1. The molecule has 5 aromatic carbocycles. The van der Waals surface area contributed by atoms with E-state index in [-0.39, 0.29) is 66.9 Å². The zero-order chi connectivity index (χ0) is 79.6. The third-order valence-corrected chi connectivity index (χ3v) is 28.8. The smallest absolute Gasteiger partial charge is 0.404 e. The van der Waals surface area contributed by atoms with Crippen molar-refractivity contribution in [3.63, 3.8) is 0 Å². The van der Waals surface area contributed by atoms with Crippen LogP contribution < -0.4 is 25.0 Å². The number of aliphatic hydroxyl groups is 5. The van der Waals surface area contributed by atoms with E-state index >= 15 is 4.57 Å². The highest BCUT2D eigenvalue weighted by Crippen LogP contribution is 2.77. The predicted octanol–water partition coefficient (Wildman–Crippen LogP) is 6.00. The van der Waals surface area contributed by atoms with Crippen molar-refractivity contribution in [1.82, 2.24) is 44.0 Å². The number of nitro groups is 1. The molecule has 0 spiro atoms. The van der Waals surface area contributed by atoms with Gasteiger partial charge in [0.15, 0.2) is 41.1 Å². The van der Waals surface area contributed by atoms with Gasteiger partial charge < -0.3 is 89.4 Å². The van der Waals surface area contributed by atoms with Crippen LogP contribution in [0.5, 0.6) is 17.2 Å². The summed E-state index contributed by atoms with van der Waals surface area (Å²) in [5.41, 5.74) is 11.2. The molecule has 50 nitrogen and oxygen atoms in total. The highest BCUT2D eigenvalue weighted by atomic mass is 31.3. The van der Waals surface area contributed by atoms with Crippen LogP contribution in [0.1, 0.15) is 24.1 Å². The standard InChI is InChI=1S/C51H51N12O38P9/c52-45-36-47(57-21-55-45)61(23-59-36)49-41(67)39(65)43(88-49)38(64)32-10-2-1-9-30(32)25-13-16-29(17-14-25)90-102(71,72)95-106(79,80)98-107(81,82)99-108(83,84)100-109(85,86)101-110(87,92-33-11-4-7-27-20-28(63(69)70)15-18-31(27)33)94-51(44-40(66)42(68)50(89-44)62-24-60-37-46(53)56-22-58-48(37)62)93-104(75,76)97-105(77,78)96-103(73,74)91-34-12-3-6-26-8-5-19-54-35(26)34/h1-24,38-44,49-51,64-68H,(H,71,72)(H,73,74)(H,75,76)(H,77,78)(H,79,80)(H,81,82)(H,83,84)(H,85,86)(H2,52,55,57)(H2,53,56,58)/t38?,39-,40-,41+,42+,43+,44-,49+,50+,51?,110?/m0/s1. The summed E-state index contributed by atoms with van der Waals surface area (Å²) in [5.74, 6) is -2.62. The molecule has 110 heavy (non-hydrogen) atoms. The number of nitrogens with two attached hydrogens (primary N) is 2. The molecule has 0 bridgehead atoms. The minimum Gasteiger partial charge on any atom is -0.404 e. The summed E-state index contributed by atoms with van der Waals surface area (Å²) >= 11 is 0. The molecule has 59 heteroatoms. The summed E-state index contributed by atoms with van der Waals surface area (Å²) in [4.78, 5) is 124. The zero-order valence-electron chi connectivity index (χ0n) is 53.8. The van der Waals surface area contributed by atoms with Gasteiger partial charge >= 0.3 is 70.4 Å². The molecule has 17 N–H and O–H groups in total. The molecule has 0 amide bonds. The summed E-state index contributed by atoms with van der Waals surface area (Å²) in [6.45, 7) is 0. The molecule has 0 radical (unpaired) electrons. The molecule has 2 aliphatic heterocycles. The number of nitrogen functional groups attached to an aromatic ring is 2. The summed E-state index contributed by atoms with van der Waals surface area (Å²) < 4.78 is 190. The van der Waals surface area contributed by atoms with Crippen molar-refractivity contribution in [3.8, 4) is 28.4 Å². The number of pyridine rings is 1. The quantitative estimate of drug-likeness (QED) is 0.0102. The van der Waals surface area contributed by atoms with Crippen molar-refractivity contribution in [2.45, 2.75) is 61.5 Å². The molecule has 10 aromatic rings. The first-order chi connectivity index (χ1) is 51.4. The van der Waals surface area contributed by atoms with E-state index in [0.717, 1.165) is 78.1 Å². The third-order valence-electron chi connectivity index (χ3n) is 15.1. The van der Waals surface area contributed by atoms with Crippen molar-refractivity contribution >= 4 is 132 Å². The van der Waals surface area contributed by atoms with E-state index in [1.807, 2.05) is 0 Å². The molecule has 5 aromatic heterocycles. The van der Waals surface area contributed by atoms with Crippen LogP contribution in [0.2, 0.25) is 0 Å². The van der Waals surface area contributed by atoms with E-state index in [4.69, 9.17) is 43.6 Å². The molecule has 7 heterocycles. The Labute approximate surface area is 610 Å². The lowest BCUT2D eigenvalue weighted by Gasteiger charge is -2.30. The maximum absolute atomic E-state index is 15.3. The van der Waals surface area contributed by atoms with Gasteiger partial charge in [0.25, 0.3) is 5.69 Å². The first-order valence-electron chi connectivity index (χ1n) is 29.8. The number of hydrogen-bond donors (Lipinski definition) is 15. The Kier molecular flexibility index (Phi) is 23.1. The number of rotatable bonds is 31. The molecule has 19 atom stereocenters. The number of phosphoric ester groups is 4. The topological polar surface area (TPSA) is 741 Å². The predicted molar refractivity (Wildman–Crippen MR) is 362 cm³/mol. The third kappa shape index (κ3) is 18.7. The molecule has 0 aliphatic carbocycles. The number of phosphoric acid groups is 9. The van der Waals surface area contributed by atoms with Crippen LogP contribution in [-0.2, 0) is 89.8 Å². The summed E-state index contributed by atoms with van der Waals surface area (Å²) in [6.07, 6.45) is -16.5. The fraction of sp³-hybridized carbons (Fsp3) is 0.196. The minimum absolute atomic E-state index is 0.00517. The number of nitrogens with zero attached hydrogens (tertiary/aromatic N) is 10. The lowest BCUT2D eigenvalue weighted by molar-refractivity contribution is -0.384. The second kappa shape index (κ2) is 31.1. The Morgan fingerprint density at radius 3 is 1.54 bits per heavy atom. The van der Waals surface area contributed by atoms with Crippen molar-refractivity contribution in [2.24, 2.45) is 0 Å². The normalized spacial score (nSPS) is 24.4. The molecule has 2 saturated heterocycles. The van der Waals surface area contributed by atoms with Gasteiger partial charge in [-0.1, -0.05) is 66.7 Å². The number of aromatic nitrogens is 9. The molecule has 2 aliphatic rings. The first kappa shape index (κ1) is 81.9. The number of aliphatic hydroxyl groups excluding tert-OH is 5. The number of ether oxygens (including phenoxy) is 2. The number of benzene rings is 5. The highest BCUT2D eigenvalue weighted by Gasteiger charge is 2.58. The molecule has 12 rings (SSSR count). The minimum atomic E-state index is -7.21. The Bertz CT molecular complexity index is 5690. The van der Waals surface area contributed by atoms with E-state index < -0.39 is 165 Å². The van der Waals surface area contributed by atoms with Crippen LogP contribution in [0.4, 0.5) is 17.3 Å². The van der Waals surface area contributed by atoms with E-state index in [1.165, 1.54) is 77.8 Å². The van der Waals surface area contributed by atoms with Crippen LogP contribution in [0.3, 0.4) is 0 Å². The van der Waals surface area contributed by atoms with Crippen LogP contribution in [0.15, 0.2) is 147 Å². The van der Waals surface area contributed by atoms with Crippen molar-refractivity contribution in [3.05, 3.63) is 162 Å². The van der Waals surface area contributed by atoms with Crippen LogP contribution in [-0.4, -0.2) is 157 Å². The maximum atomic E-state index is 15.3. The van der Waals surface area contributed by atoms with Gasteiger partial charge in [0.1, 0.15) is 83.4 Å². The van der Waals surface area contributed by atoms with Gasteiger partial charge in [-0.15, -0.1) is 0 Å². The fourth-order valence-electron chi connectivity index (χ4n) is 10.8. The van der Waals surface area contributed by atoms with Gasteiger partial charge in [-0.25, -0.2) is 75.5 Å². The number of imidazole rings is 2. The first-order valence-corrected chi connectivity index (χ1v) is 43.3. The molecule has 0 saturated carbocycles. The van der Waals surface area contributed by atoms with E-state index in [9.17, 15) is 111 Å². The second-order valence-corrected chi connectivity index (χ2v) is 36.5. The van der Waals surface area contributed by atoms with Crippen molar-refractivity contribution < 1.29 is 173 Å². The number of non-ortho nitro benzene ring substituents is 1. The van der Waals surface area contributed by atoms with Crippen molar-refractivity contribution in [2.75, 3.05) is 11.5 Å². The SMILES string of the molecule is Nc1ncnc2c1ncn2[C@@H]1O[C@H](C(OP(=O)(O)OP(=O)(O)OP(=O)(O)Oc2cccc3cccnc23)OP(=O)(Oc2cccc3cc([N+](=O)[O-])ccc23)OP(=O)(O)OP(=O)(O)OP(=O)(O)OP(=O)(O)OP(=O)(O)Oc2ccc(-c3ccccc3C(O)[C@H]3O[C@@H](n4cnc5c(N)ncnc54)[C@H](O)[C@@H]3O)cc2)[C@@H](O)[C@H]1O. The largest absolute Gasteiger partial charge is 0.541 e. The summed E-state index contributed by atoms with van der Waals surface area (Å²) in [7, 11) is -60.8. The van der Waals surface area contributed by atoms with Gasteiger partial charge in [-0.05, 0) is 58.5 Å². The average Bonchev–Trinajstić information content (AvgIpc) is 1.54. The van der Waals surface area contributed by atoms with E-state index in [0.29, 0.717) is 0 Å².